The molecule has 1 aromatic carbocycles. The molecule has 0 spiro atoms. The van der Waals surface area contributed by atoms with Crippen molar-refractivity contribution in [3.8, 4) is 0 Å². The molecule has 0 radical (unpaired) electrons. The average Bonchev–Trinajstić information content (AvgIpc) is 3.21. The number of rotatable bonds is 5. The van der Waals surface area contributed by atoms with E-state index in [-0.39, 0.29) is 11.8 Å². The number of hydrogen-bond donors (Lipinski definition) is 1. The van der Waals surface area contributed by atoms with Crippen molar-refractivity contribution in [1.29, 1.82) is 0 Å². The van der Waals surface area contributed by atoms with Crippen LogP contribution < -0.4 is 10.2 Å². The van der Waals surface area contributed by atoms with Gasteiger partial charge in [-0.25, -0.2) is 0 Å². The first-order chi connectivity index (χ1) is 15.7. The molecule has 168 valence electrons. The Morgan fingerprint density at radius 3 is 2.47 bits per heavy atom. The fourth-order valence-electron chi connectivity index (χ4n) is 4.82. The lowest BCUT2D eigenvalue weighted by Crippen LogP contribution is -2.48. The predicted molar refractivity (Wildman–Crippen MR) is 123 cm³/mol. The molecule has 1 N–H and O–H groups in total. The highest BCUT2D eigenvalue weighted by molar-refractivity contribution is 5.79. The zero-order valence-corrected chi connectivity index (χ0v) is 18.7. The fourth-order valence-corrected chi connectivity index (χ4v) is 4.82. The van der Waals surface area contributed by atoms with Gasteiger partial charge in [-0.15, -0.1) is 15.3 Å². The third-order valence-corrected chi connectivity index (χ3v) is 6.78. The van der Waals surface area contributed by atoms with Crippen LogP contribution in [0.15, 0.2) is 42.5 Å². The van der Waals surface area contributed by atoms with Gasteiger partial charge in [-0.2, -0.15) is 4.52 Å². The number of likely N-dealkylation sites (tertiary alicyclic amines) is 1. The van der Waals surface area contributed by atoms with Gasteiger partial charge in [-0.1, -0.05) is 30.3 Å². The van der Waals surface area contributed by atoms with Crippen LogP contribution in [0.5, 0.6) is 0 Å². The number of amides is 1. The molecule has 2 aromatic heterocycles. The molecule has 2 fully saturated rings. The van der Waals surface area contributed by atoms with E-state index < -0.39 is 0 Å². The van der Waals surface area contributed by atoms with Gasteiger partial charge in [-0.05, 0) is 50.3 Å². The van der Waals surface area contributed by atoms with E-state index in [9.17, 15) is 4.79 Å². The van der Waals surface area contributed by atoms with E-state index >= 15 is 0 Å². The number of hydrogen-bond acceptors (Lipinski definition) is 6. The molecule has 2 aliphatic heterocycles. The quantitative estimate of drug-likeness (QED) is 0.666. The van der Waals surface area contributed by atoms with Crippen LogP contribution in [0, 0.1) is 12.8 Å². The number of nitrogens with zero attached hydrogens (tertiary/aromatic N) is 6. The summed E-state index contributed by atoms with van der Waals surface area (Å²) in [5.41, 5.74) is 2.12. The minimum Gasteiger partial charge on any atom is -0.355 e. The molecule has 0 atom stereocenters. The van der Waals surface area contributed by atoms with Crippen molar-refractivity contribution in [2.45, 2.75) is 45.2 Å². The summed E-state index contributed by atoms with van der Waals surface area (Å²) in [6.45, 7) is 6.65. The second-order valence-corrected chi connectivity index (χ2v) is 9.01. The predicted octanol–water partition coefficient (Wildman–Crippen LogP) is 2.43. The van der Waals surface area contributed by atoms with Gasteiger partial charge in [0.15, 0.2) is 11.5 Å². The molecular formula is C24H31N7O. The van der Waals surface area contributed by atoms with Crippen LogP contribution in [0.25, 0.3) is 5.65 Å². The minimum atomic E-state index is 0.0916. The van der Waals surface area contributed by atoms with E-state index in [0.717, 1.165) is 75.7 Å². The van der Waals surface area contributed by atoms with Crippen LogP contribution >= 0.6 is 0 Å². The Labute approximate surface area is 188 Å². The van der Waals surface area contributed by atoms with Gasteiger partial charge in [0.1, 0.15) is 5.82 Å². The van der Waals surface area contributed by atoms with Crippen LogP contribution in [0.4, 0.5) is 5.82 Å². The first-order valence-corrected chi connectivity index (χ1v) is 11.7. The van der Waals surface area contributed by atoms with Crippen molar-refractivity contribution in [2.75, 3.05) is 31.1 Å². The smallest absolute Gasteiger partial charge is 0.223 e. The van der Waals surface area contributed by atoms with E-state index in [1.807, 2.05) is 19.1 Å². The lowest BCUT2D eigenvalue weighted by molar-refractivity contribution is -0.126. The summed E-state index contributed by atoms with van der Waals surface area (Å²) in [5, 5.41) is 16.2. The molecule has 8 heteroatoms. The maximum atomic E-state index is 12.9. The number of aryl methyl sites for hydroxylation is 1. The molecule has 5 rings (SSSR count). The molecular weight excluding hydrogens is 402 g/mol. The molecule has 0 aliphatic carbocycles. The van der Waals surface area contributed by atoms with Crippen molar-refractivity contribution >= 4 is 17.4 Å². The van der Waals surface area contributed by atoms with Gasteiger partial charge < -0.3 is 10.2 Å². The molecule has 0 bridgehead atoms. The summed E-state index contributed by atoms with van der Waals surface area (Å²) < 4.78 is 1.78. The SMILES string of the molecule is Cc1nnc2ccc(N3CCC(C(=O)NC4CCN(Cc5ccccc5)CC4)CC3)nn12. The maximum Gasteiger partial charge on any atom is 0.223 e. The van der Waals surface area contributed by atoms with Gasteiger partial charge >= 0.3 is 0 Å². The first-order valence-electron chi connectivity index (χ1n) is 11.7. The Morgan fingerprint density at radius 2 is 1.72 bits per heavy atom. The van der Waals surface area contributed by atoms with E-state index in [2.05, 4.69) is 60.7 Å². The highest BCUT2D eigenvalue weighted by Gasteiger charge is 2.28. The summed E-state index contributed by atoms with van der Waals surface area (Å²) in [6.07, 6.45) is 3.78. The van der Waals surface area contributed by atoms with Crippen molar-refractivity contribution < 1.29 is 4.79 Å². The van der Waals surface area contributed by atoms with Crippen molar-refractivity contribution in [3.05, 3.63) is 53.9 Å². The Bertz CT molecular complexity index is 1050. The summed E-state index contributed by atoms with van der Waals surface area (Å²) in [6, 6.07) is 14.9. The third-order valence-electron chi connectivity index (χ3n) is 6.78. The molecule has 0 unspecified atom stereocenters. The monoisotopic (exact) mass is 433 g/mol. The Balaban J connectivity index is 1.08. The average molecular weight is 434 g/mol. The molecule has 2 saturated heterocycles. The van der Waals surface area contributed by atoms with Crippen LogP contribution in [0.3, 0.4) is 0 Å². The number of nitrogens with one attached hydrogen (secondary N) is 1. The second kappa shape index (κ2) is 9.24. The number of aromatic nitrogens is 4. The lowest BCUT2D eigenvalue weighted by atomic mass is 9.94. The molecule has 0 saturated carbocycles. The highest BCUT2D eigenvalue weighted by Crippen LogP contribution is 2.23. The van der Waals surface area contributed by atoms with Crippen molar-refractivity contribution in [1.82, 2.24) is 30.0 Å². The van der Waals surface area contributed by atoms with E-state index in [1.54, 1.807) is 4.52 Å². The third kappa shape index (κ3) is 4.60. The number of carbonyl (C=O) groups excluding carboxylic acids is 1. The first kappa shape index (κ1) is 20.9. The highest BCUT2D eigenvalue weighted by atomic mass is 16.2. The topological polar surface area (TPSA) is 78.7 Å². The van der Waals surface area contributed by atoms with E-state index in [4.69, 9.17) is 0 Å². The molecule has 8 nitrogen and oxygen atoms in total. The van der Waals surface area contributed by atoms with Crippen LogP contribution in [-0.4, -0.2) is 62.8 Å². The second-order valence-electron chi connectivity index (χ2n) is 9.01. The number of fused-ring (bicyclic) bond motifs is 1. The zero-order chi connectivity index (χ0) is 21.9. The van der Waals surface area contributed by atoms with Gasteiger partial charge in [0.25, 0.3) is 0 Å². The summed E-state index contributed by atoms with van der Waals surface area (Å²) in [5.74, 6) is 2.02. The Hall–Kier alpha value is -3.00. The Morgan fingerprint density at radius 1 is 0.969 bits per heavy atom. The van der Waals surface area contributed by atoms with Crippen molar-refractivity contribution in [2.24, 2.45) is 5.92 Å². The Kier molecular flexibility index (Phi) is 6.03. The number of carbonyl (C=O) groups is 1. The molecule has 1 amide bonds. The zero-order valence-electron chi connectivity index (χ0n) is 18.7. The van der Waals surface area contributed by atoms with Crippen LogP contribution in [-0.2, 0) is 11.3 Å². The summed E-state index contributed by atoms with van der Waals surface area (Å²) in [7, 11) is 0. The van der Waals surface area contributed by atoms with Gasteiger partial charge in [0.2, 0.25) is 5.91 Å². The molecule has 2 aliphatic rings. The normalized spacial score (nSPS) is 18.8. The van der Waals surface area contributed by atoms with E-state index in [0.29, 0.717) is 6.04 Å². The lowest BCUT2D eigenvalue weighted by Gasteiger charge is -2.35. The van der Waals surface area contributed by atoms with Crippen LogP contribution in [0.2, 0.25) is 0 Å². The summed E-state index contributed by atoms with van der Waals surface area (Å²) >= 11 is 0. The molecule has 3 aromatic rings. The van der Waals surface area contributed by atoms with Gasteiger partial charge in [0, 0.05) is 44.7 Å². The van der Waals surface area contributed by atoms with Gasteiger partial charge in [0.05, 0.1) is 0 Å². The number of benzene rings is 1. The number of anilines is 1. The standard InChI is InChI=1S/C24H31N7O/c1-18-26-27-22-7-8-23(28-31(18)22)30-15-9-20(10-16-30)24(32)25-21-11-13-29(14-12-21)17-19-5-3-2-4-6-19/h2-8,20-21H,9-17H2,1H3,(H,25,32). The maximum absolute atomic E-state index is 12.9. The fraction of sp³-hybridized carbons (Fsp3) is 0.500. The minimum absolute atomic E-state index is 0.0916. The van der Waals surface area contributed by atoms with Crippen LogP contribution in [0.1, 0.15) is 37.1 Å². The van der Waals surface area contributed by atoms with Gasteiger partial charge in [-0.3, -0.25) is 9.69 Å². The number of piperidine rings is 2. The molecule has 4 heterocycles. The summed E-state index contributed by atoms with van der Waals surface area (Å²) in [4.78, 5) is 17.6. The molecule has 32 heavy (non-hydrogen) atoms. The van der Waals surface area contributed by atoms with Crippen molar-refractivity contribution in [3.63, 3.8) is 0 Å². The van der Waals surface area contributed by atoms with E-state index in [1.165, 1.54) is 5.56 Å². The largest absolute Gasteiger partial charge is 0.355 e.